The number of nitrogens with two attached hydrogens (primary N) is 1. The third-order valence-electron chi connectivity index (χ3n) is 2.43. The Morgan fingerprint density at radius 3 is 2.94 bits per heavy atom. The molecule has 0 aromatic carbocycles. The predicted octanol–water partition coefficient (Wildman–Crippen LogP) is 0.534. The van der Waals surface area contributed by atoms with E-state index in [0.717, 1.165) is 0 Å². The van der Waals surface area contributed by atoms with Crippen molar-refractivity contribution in [2.75, 3.05) is 13.7 Å². The Hall–Kier alpha value is -1.40. The molecule has 0 saturated carbocycles. The number of nitrogens with zero attached hydrogens (tertiary/aromatic N) is 1. The van der Waals surface area contributed by atoms with Crippen molar-refractivity contribution in [3.05, 3.63) is 17.5 Å². The summed E-state index contributed by atoms with van der Waals surface area (Å²) in [7, 11) is 1.55. The van der Waals surface area contributed by atoms with Crippen molar-refractivity contribution >= 4 is 5.91 Å². The summed E-state index contributed by atoms with van der Waals surface area (Å²) in [5.41, 5.74) is 6.06. The topological polar surface area (TPSA) is 90.4 Å². The second-order valence-corrected chi connectivity index (χ2v) is 4.23. The van der Waals surface area contributed by atoms with E-state index >= 15 is 0 Å². The molecule has 3 N–H and O–H groups in total. The van der Waals surface area contributed by atoms with Gasteiger partial charge in [-0.25, -0.2) is 0 Å². The van der Waals surface area contributed by atoms with Crippen molar-refractivity contribution in [3.63, 3.8) is 0 Å². The Balaban J connectivity index is 2.46. The maximum Gasteiger partial charge on any atom is 0.273 e. The lowest BCUT2D eigenvalue weighted by atomic mass is 10.1. The van der Waals surface area contributed by atoms with Gasteiger partial charge in [0.05, 0.1) is 0 Å². The summed E-state index contributed by atoms with van der Waals surface area (Å²) in [5, 5.41) is 6.36. The predicted molar refractivity (Wildman–Crippen MR) is 62.4 cm³/mol. The van der Waals surface area contributed by atoms with Crippen LogP contribution in [0.15, 0.2) is 10.6 Å². The van der Waals surface area contributed by atoms with Gasteiger partial charge in [0.15, 0.2) is 11.5 Å². The van der Waals surface area contributed by atoms with Gasteiger partial charge in [-0.15, -0.1) is 0 Å². The van der Waals surface area contributed by atoms with Gasteiger partial charge >= 0.3 is 0 Å². The smallest absolute Gasteiger partial charge is 0.273 e. The number of amides is 1. The lowest BCUT2D eigenvalue weighted by Crippen LogP contribution is -2.40. The Morgan fingerprint density at radius 2 is 2.35 bits per heavy atom. The monoisotopic (exact) mass is 241 g/mol. The molecule has 6 nitrogen and oxygen atoms in total. The first-order chi connectivity index (χ1) is 8.04. The summed E-state index contributed by atoms with van der Waals surface area (Å²) < 4.78 is 9.78. The SMILES string of the molecule is COCc1cc(C(=O)NCC(N)C(C)C)no1. The quantitative estimate of drug-likeness (QED) is 0.758. The van der Waals surface area contributed by atoms with Gasteiger partial charge in [-0.2, -0.15) is 0 Å². The molecule has 1 amide bonds. The number of methoxy groups -OCH3 is 1. The van der Waals surface area contributed by atoms with Crippen LogP contribution in [0.25, 0.3) is 0 Å². The van der Waals surface area contributed by atoms with Crippen LogP contribution >= 0.6 is 0 Å². The molecule has 0 bridgehead atoms. The minimum absolute atomic E-state index is 0.0655. The third kappa shape index (κ3) is 4.16. The average molecular weight is 241 g/mol. The number of hydrogen-bond donors (Lipinski definition) is 2. The van der Waals surface area contributed by atoms with Crippen molar-refractivity contribution in [1.82, 2.24) is 10.5 Å². The fourth-order valence-corrected chi connectivity index (χ4v) is 1.17. The van der Waals surface area contributed by atoms with Gasteiger partial charge in [-0.1, -0.05) is 19.0 Å². The number of carbonyl (C=O) groups is 1. The first kappa shape index (κ1) is 13.7. The van der Waals surface area contributed by atoms with Gasteiger partial charge in [0.1, 0.15) is 6.61 Å². The van der Waals surface area contributed by atoms with Gasteiger partial charge < -0.3 is 20.3 Å². The summed E-state index contributed by atoms with van der Waals surface area (Å²) in [6.07, 6.45) is 0. The van der Waals surface area contributed by atoms with Crippen LogP contribution in [0.4, 0.5) is 0 Å². The molecule has 1 aromatic heterocycles. The highest BCUT2D eigenvalue weighted by molar-refractivity contribution is 5.92. The molecule has 0 spiro atoms. The van der Waals surface area contributed by atoms with Gasteiger partial charge in [-0.05, 0) is 5.92 Å². The minimum atomic E-state index is -0.285. The molecule has 0 aliphatic rings. The number of hydrogen-bond acceptors (Lipinski definition) is 5. The average Bonchev–Trinajstić information content (AvgIpc) is 2.74. The molecule has 1 atom stereocenters. The van der Waals surface area contributed by atoms with Crippen molar-refractivity contribution < 1.29 is 14.1 Å². The third-order valence-corrected chi connectivity index (χ3v) is 2.43. The van der Waals surface area contributed by atoms with E-state index in [2.05, 4.69) is 10.5 Å². The second kappa shape index (κ2) is 6.36. The number of aromatic nitrogens is 1. The van der Waals surface area contributed by atoms with Gasteiger partial charge in [0.25, 0.3) is 5.91 Å². The van der Waals surface area contributed by atoms with E-state index in [-0.39, 0.29) is 17.6 Å². The minimum Gasteiger partial charge on any atom is -0.377 e. The number of nitrogens with one attached hydrogen (secondary N) is 1. The zero-order valence-corrected chi connectivity index (χ0v) is 10.4. The van der Waals surface area contributed by atoms with Crippen LogP contribution in [0.1, 0.15) is 30.1 Å². The molecule has 1 heterocycles. The van der Waals surface area contributed by atoms with E-state index in [4.69, 9.17) is 15.0 Å². The molecule has 0 fully saturated rings. The molecule has 0 aliphatic carbocycles. The van der Waals surface area contributed by atoms with Crippen molar-refractivity contribution in [2.24, 2.45) is 11.7 Å². The van der Waals surface area contributed by atoms with Crippen LogP contribution < -0.4 is 11.1 Å². The van der Waals surface area contributed by atoms with E-state index < -0.39 is 0 Å². The summed E-state index contributed by atoms with van der Waals surface area (Å²) >= 11 is 0. The lowest BCUT2D eigenvalue weighted by Gasteiger charge is -2.15. The molecule has 1 rings (SSSR count). The summed E-state index contributed by atoms with van der Waals surface area (Å²) in [6.45, 7) is 4.72. The molecular formula is C11H19N3O3. The highest BCUT2D eigenvalue weighted by Gasteiger charge is 2.14. The molecule has 0 radical (unpaired) electrons. The summed E-state index contributed by atoms with van der Waals surface area (Å²) in [6, 6.07) is 1.49. The van der Waals surface area contributed by atoms with Gasteiger partial charge in [0.2, 0.25) is 0 Å². The van der Waals surface area contributed by atoms with E-state index in [1.54, 1.807) is 13.2 Å². The largest absolute Gasteiger partial charge is 0.377 e. The van der Waals surface area contributed by atoms with Crippen LogP contribution in [0.3, 0.4) is 0 Å². The van der Waals surface area contributed by atoms with E-state index in [0.29, 0.717) is 24.8 Å². The van der Waals surface area contributed by atoms with Gasteiger partial charge in [0, 0.05) is 25.8 Å². The van der Waals surface area contributed by atoms with Crippen LogP contribution in [0, 0.1) is 5.92 Å². The molecule has 6 heteroatoms. The van der Waals surface area contributed by atoms with Crippen LogP contribution in [0.2, 0.25) is 0 Å². The normalized spacial score (nSPS) is 12.8. The molecule has 1 unspecified atom stereocenters. The number of carbonyl (C=O) groups excluding carboxylic acids is 1. The van der Waals surface area contributed by atoms with E-state index in [9.17, 15) is 4.79 Å². The molecule has 17 heavy (non-hydrogen) atoms. The van der Waals surface area contributed by atoms with Crippen LogP contribution in [0.5, 0.6) is 0 Å². The zero-order valence-electron chi connectivity index (χ0n) is 10.4. The number of ether oxygens (including phenoxy) is 1. The van der Waals surface area contributed by atoms with Crippen molar-refractivity contribution in [3.8, 4) is 0 Å². The van der Waals surface area contributed by atoms with E-state index in [1.807, 2.05) is 13.8 Å². The first-order valence-corrected chi connectivity index (χ1v) is 5.53. The maximum atomic E-state index is 11.7. The highest BCUT2D eigenvalue weighted by Crippen LogP contribution is 2.04. The number of rotatable bonds is 6. The molecule has 96 valence electrons. The Morgan fingerprint density at radius 1 is 1.65 bits per heavy atom. The maximum absolute atomic E-state index is 11.7. The lowest BCUT2D eigenvalue weighted by molar-refractivity contribution is 0.0939. The Kier molecular flexibility index (Phi) is 5.11. The Bertz CT molecular complexity index is 363. The highest BCUT2D eigenvalue weighted by atomic mass is 16.5. The fourth-order valence-electron chi connectivity index (χ4n) is 1.17. The standard InChI is InChI=1S/C11H19N3O3/c1-7(2)9(12)5-13-11(15)10-4-8(6-16-3)17-14-10/h4,7,9H,5-6,12H2,1-3H3,(H,13,15). The van der Waals surface area contributed by atoms with Crippen molar-refractivity contribution in [2.45, 2.75) is 26.5 Å². The summed E-state index contributed by atoms with van der Waals surface area (Å²) in [5.74, 6) is 0.551. The molecular weight excluding hydrogens is 222 g/mol. The fraction of sp³-hybridized carbons (Fsp3) is 0.636. The van der Waals surface area contributed by atoms with Crippen LogP contribution in [-0.2, 0) is 11.3 Å². The van der Waals surface area contributed by atoms with Gasteiger partial charge in [-0.3, -0.25) is 4.79 Å². The first-order valence-electron chi connectivity index (χ1n) is 5.53. The van der Waals surface area contributed by atoms with Crippen LogP contribution in [-0.4, -0.2) is 30.8 Å². The Labute approximate surface area is 100 Å². The molecule has 0 aliphatic heterocycles. The molecule has 0 saturated heterocycles. The van der Waals surface area contributed by atoms with Crippen molar-refractivity contribution in [1.29, 1.82) is 0 Å². The zero-order chi connectivity index (χ0) is 12.8. The van der Waals surface area contributed by atoms with E-state index in [1.165, 1.54) is 0 Å². The second-order valence-electron chi connectivity index (χ2n) is 4.23. The summed E-state index contributed by atoms with van der Waals surface area (Å²) in [4.78, 5) is 11.7. The molecule has 1 aromatic rings.